The van der Waals surface area contributed by atoms with E-state index in [1.165, 1.54) is 0 Å². The van der Waals surface area contributed by atoms with Gasteiger partial charge in [0.1, 0.15) is 17.3 Å². The highest BCUT2D eigenvalue weighted by Crippen LogP contribution is 2.21. The first kappa shape index (κ1) is 10.6. The van der Waals surface area contributed by atoms with E-state index in [-0.39, 0.29) is 0 Å². The van der Waals surface area contributed by atoms with Crippen LogP contribution in [0.3, 0.4) is 0 Å². The molecule has 0 unspecified atom stereocenters. The summed E-state index contributed by atoms with van der Waals surface area (Å²) in [4.78, 5) is 0. The first-order valence-corrected chi connectivity index (χ1v) is 5.16. The second-order valence-electron chi connectivity index (χ2n) is 3.58. The highest BCUT2D eigenvalue weighted by molar-refractivity contribution is 5.36. The summed E-state index contributed by atoms with van der Waals surface area (Å²) in [5.74, 6) is 2.50. The summed E-state index contributed by atoms with van der Waals surface area (Å²) in [6, 6.07) is 7.52. The van der Waals surface area contributed by atoms with Gasteiger partial charge < -0.3 is 9.47 Å². The van der Waals surface area contributed by atoms with Gasteiger partial charge in [-0.15, -0.1) is 0 Å². The van der Waals surface area contributed by atoms with E-state index in [2.05, 4.69) is 6.58 Å². The van der Waals surface area contributed by atoms with Gasteiger partial charge in [-0.25, -0.2) is 0 Å². The van der Waals surface area contributed by atoms with E-state index in [0.717, 1.165) is 29.3 Å². The van der Waals surface area contributed by atoms with Crippen LogP contribution in [0.5, 0.6) is 11.5 Å². The summed E-state index contributed by atoms with van der Waals surface area (Å²) in [6.07, 6.45) is 6.77. The average Bonchev–Trinajstić information content (AvgIpc) is 2.33. The zero-order valence-corrected chi connectivity index (χ0v) is 9.27. The Balaban J connectivity index is 2.04. The summed E-state index contributed by atoms with van der Waals surface area (Å²) < 4.78 is 10.8. The normalized spacial score (nSPS) is 14.6. The smallest absolute Gasteiger partial charge is 0.127 e. The quantitative estimate of drug-likeness (QED) is 0.767. The van der Waals surface area contributed by atoms with Crippen LogP contribution in [0.15, 0.2) is 60.4 Å². The molecule has 0 saturated heterocycles. The topological polar surface area (TPSA) is 18.5 Å². The van der Waals surface area contributed by atoms with Crippen LogP contribution in [0.1, 0.15) is 6.42 Å². The molecule has 1 aromatic carbocycles. The van der Waals surface area contributed by atoms with Crippen molar-refractivity contribution in [2.45, 2.75) is 6.42 Å². The number of rotatable bonds is 3. The molecule has 0 spiro atoms. The Morgan fingerprint density at radius 2 is 1.75 bits per heavy atom. The van der Waals surface area contributed by atoms with Gasteiger partial charge in [-0.1, -0.05) is 18.2 Å². The Kier molecular flexibility index (Phi) is 3.10. The third-order valence-corrected chi connectivity index (χ3v) is 2.34. The van der Waals surface area contributed by atoms with E-state index < -0.39 is 0 Å². The van der Waals surface area contributed by atoms with E-state index >= 15 is 0 Å². The third kappa shape index (κ3) is 2.54. The molecule has 1 aromatic rings. The van der Waals surface area contributed by atoms with E-state index in [1.54, 1.807) is 7.11 Å². The van der Waals surface area contributed by atoms with Gasteiger partial charge in [0.15, 0.2) is 0 Å². The minimum atomic E-state index is 0.809. The number of benzene rings is 1. The first-order chi connectivity index (χ1) is 7.78. The molecule has 16 heavy (non-hydrogen) atoms. The lowest BCUT2D eigenvalue weighted by Crippen LogP contribution is -1.96. The van der Waals surface area contributed by atoms with Gasteiger partial charge in [0, 0.05) is 0 Å². The summed E-state index contributed by atoms with van der Waals surface area (Å²) in [7, 11) is 1.65. The lowest BCUT2D eigenvalue weighted by Gasteiger charge is -2.10. The lowest BCUT2D eigenvalue weighted by molar-refractivity contribution is 0.410. The minimum Gasteiger partial charge on any atom is -0.497 e. The van der Waals surface area contributed by atoms with Crippen molar-refractivity contribution in [3.8, 4) is 11.5 Å². The second kappa shape index (κ2) is 4.71. The molecule has 1 aliphatic carbocycles. The maximum Gasteiger partial charge on any atom is 0.127 e. The van der Waals surface area contributed by atoms with Crippen LogP contribution in [-0.2, 0) is 0 Å². The summed E-state index contributed by atoms with van der Waals surface area (Å²) >= 11 is 0. The molecule has 0 heterocycles. The number of hydrogen-bond donors (Lipinski definition) is 0. The van der Waals surface area contributed by atoms with Crippen LogP contribution in [0.4, 0.5) is 0 Å². The third-order valence-electron chi connectivity index (χ3n) is 2.34. The molecular formula is C14H14O2. The first-order valence-electron chi connectivity index (χ1n) is 5.16. The van der Waals surface area contributed by atoms with Gasteiger partial charge >= 0.3 is 0 Å². The highest BCUT2D eigenvalue weighted by Gasteiger charge is 2.02. The summed E-state index contributed by atoms with van der Waals surface area (Å²) in [5, 5.41) is 0. The molecule has 2 rings (SSSR count). The largest absolute Gasteiger partial charge is 0.497 e. The fourth-order valence-electron chi connectivity index (χ4n) is 1.42. The van der Waals surface area contributed by atoms with Crippen LogP contribution in [-0.4, -0.2) is 7.11 Å². The van der Waals surface area contributed by atoms with Gasteiger partial charge in [-0.3, -0.25) is 0 Å². The van der Waals surface area contributed by atoms with Crippen molar-refractivity contribution in [1.82, 2.24) is 0 Å². The second-order valence-corrected chi connectivity index (χ2v) is 3.58. The molecule has 1 aliphatic rings. The zero-order valence-electron chi connectivity index (χ0n) is 9.27. The highest BCUT2D eigenvalue weighted by atomic mass is 16.5. The molecule has 0 amide bonds. The molecule has 0 fully saturated rings. The molecule has 0 radical (unpaired) electrons. The molecule has 2 nitrogen and oxygen atoms in total. The van der Waals surface area contributed by atoms with Crippen LogP contribution in [0, 0.1) is 0 Å². The van der Waals surface area contributed by atoms with E-state index in [4.69, 9.17) is 9.47 Å². The van der Waals surface area contributed by atoms with Gasteiger partial charge in [-0.2, -0.15) is 0 Å². The van der Waals surface area contributed by atoms with Crippen LogP contribution < -0.4 is 9.47 Å². The molecule has 2 heteroatoms. The van der Waals surface area contributed by atoms with Crippen molar-refractivity contribution >= 4 is 0 Å². The summed E-state index contributed by atoms with van der Waals surface area (Å²) in [6.45, 7) is 3.87. The average molecular weight is 214 g/mol. The summed E-state index contributed by atoms with van der Waals surface area (Å²) in [5.41, 5.74) is 1.10. The molecule has 0 bridgehead atoms. The van der Waals surface area contributed by atoms with E-state index in [9.17, 15) is 0 Å². The molecule has 0 saturated carbocycles. The van der Waals surface area contributed by atoms with E-state index in [0.29, 0.717) is 0 Å². The predicted molar refractivity (Wildman–Crippen MR) is 64.6 cm³/mol. The Morgan fingerprint density at radius 3 is 2.31 bits per heavy atom. The fourth-order valence-corrected chi connectivity index (χ4v) is 1.42. The van der Waals surface area contributed by atoms with Crippen molar-refractivity contribution < 1.29 is 9.47 Å². The zero-order chi connectivity index (χ0) is 11.4. The van der Waals surface area contributed by atoms with Crippen LogP contribution in [0.25, 0.3) is 0 Å². The Bertz CT molecular complexity index is 438. The maximum absolute atomic E-state index is 5.68. The minimum absolute atomic E-state index is 0.809. The standard InChI is InChI=1S/C14H14O2/c1-11-3-5-13(6-4-11)16-14-9-7-12(15-2)8-10-14/h3,5-10H,1,4H2,2H3. The van der Waals surface area contributed by atoms with Gasteiger partial charge in [-0.05, 0) is 42.8 Å². The number of allylic oxidation sites excluding steroid dienone is 4. The van der Waals surface area contributed by atoms with Crippen molar-refractivity contribution in [1.29, 1.82) is 0 Å². The predicted octanol–water partition coefficient (Wildman–Crippen LogP) is 3.47. The van der Waals surface area contributed by atoms with E-state index in [1.807, 2.05) is 42.5 Å². The monoisotopic (exact) mass is 214 g/mol. The Hall–Kier alpha value is -1.96. The molecule has 0 N–H and O–H groups in total. The number of hydrogen-bond acceptors (Lipinski definition) is 2. The number of methoxy groups -OCH3 is 1. The van der Waals surface area contributed by atoms with Gasteiger partial charge in [0.05, 0.1) is 7.11 Å². The van der Waals surface area contributed by atoms with Crippen molar-refractivity contribution in [3.63, 3.8) is 0 Å². The fraction of sp³-hybridized carbons (Fsp3) is 0.143. The van der Waals surface area contributed by atoms with Crippen LogP contribution >= 0.6 is 0 Å². The van der Waals surface area contributed by atoms with Crippen molar-refractivity contribution in [2.75, 3.05) is 7.11 Å². The van der Waals surface area contributed by atoms with Crippen LogP contribution in [0.2, 0.25) is 0 Å². The Morgan fingerprint density at radius 1 is 1.06 bits per heavy atom. The lowest BCUT2D eigenvalue weighted by atomic mass is 10.1. The molecule has 82 valence electrons. The SMILES string of the molecule is C=C1C=CC(Oc2ccc(OC)cc2)=CC1. The molecular weight excluding hydrogens is 200 g/mol. The molecule has 0 atom stereocenters. The van der Waals surface area contributed by atoms with Crippen molar-refractivity contribution in [3.05, 3.63) is 60.4 Å². The maximum atomic E-state index is 5.68. The number of ether oxygens (including phenoxy) is 2. The van der Waals surface area contributed by atoms with Crippen molar-refractivity contribution in [2.24, 2.45) is 0 Å². The van der Waals surface area contributed by atoms with Gasteiger partial charge in [0.2, 0.25) is 0 Å². The van der Waals surface area contributed by atoms with Gasteiger partial charge in [0.25, 0.3) is 0 Å². The molecule has 0 aliphatic heterocycles. The Labute approximate surface area is 95.5 Å². The molecule has 0 aromatic heterocycles.